The number of aliphatic hydroxyl groups excluding tert-OH is 1. The average Bonchev–Trinajstić information content (AvgIpc) is 2.94. The smallest absolute Gasteiger partial charge is 0.373 e. The van der Waals surface area contributed by atoms with Crippen molar-refractivity contribution >= 4 is 12.0 Å². The number of carbonyl (C=O) groups is 1. The first-order valence-corrected chi connectivity index (χ1v) is 5.61. The van der Waals surface area contributed by atoms with Gasteiger partial charge in [-0.25, -0.2) is 9.42 Å². The highest BCUT2D eigenvalue weighted by atomic mass is 16.6. The van der Waals surface area contributed by atoms with Crippen LogP contribution in [-0.2, 0) is 9.53 Å². The van der Waals surface area contributed by atoms with E-state index in [-0.39, 0.29) is 5.69 Å². The Labute approximate surface area is 114 Å². The molecule has 7 nitrogen and oxygen atoms in total. The van der Waals surface area contributed by atoms with Gasteiger partial charge < -0.3 is 14.6 Å². The second-order valence-electron chi connectivity index (χ2n) is 3.75. The van der Waals surface area contributed by atoms with Crippen LogP contribution in [0.25, 0.3) is 17.3 Å². The third kappa shape index (κ3) is 2.77. The van der Waals surface area contributed by atoms with Crippen molar-refractivity contribution in [1.29, 1.82) is 0 Å². The van der Waals surface area contributed by atoms with E-state index in [9.17, 15) is 9.90 Å². The molecular formula is C13H12N2O5. The molecule has 2 aromatic rings. The number of hydrogen-bond donors (Lipinski definition) is 1. The van der Waals surface area contributed by atoms with E-state index in [2.05, 4.69) is 19.7 Å². The van der Waals surface area contributed by atoms with Gasteiger partial charge in [-0.15, -0.1) is 0 Å². The summed E-state index contributed by atoms with van der Waals surface area (Å²) in [6, 6.07) is 7.05. The van der Waals surface area contributed by atoms with Crippen molar-refractivity contribution in [2.75, 3.05) is 14.2 Å². The molecule has 0 aliphatic heterocycles. The van der Waals surface area contributed by atoms with Crippen LogP contribution in [0.1, 0.15) is 5.69 Å². The van der Waals surface area contributed by atoms with Gasteiger partial charge in [0.1, 0.15) is 17.1 Å². The number of ether oxygens (including phenoxy) is 2. The Morgan fingerprint density at radius 3 is 2.85 bits per heavy atom. The quantitative estimate of drug-likeness (QED) is 0.517. The minimum Gasteiger partial charge on any atom is -0.502 e. The van der Waals surface area contributed by atoms with Gasteiger partial charge in [-0.3, -0.25) is 0 Å². The fourth-order valence-corrected chi connectivity index (χ4v) is 1.55. The van der Waals surface area contributed by atoms with Crippen molar-refractivity contribution in [3.05, 3.63) is 35.7 Å². The molecule has 0 saturated carbocycles. The molecule has 0 atom stereocenters. The molecule has 2 rings (SSSR count). The van der Waals surface area contributed by atoms with Crippen LogP contribution in [0.2, 0.25) is 0 Å². The molecule has 20 heavy (non-hydrogen) atoms. The SMILES string of the molecule is COC(=O)/C(O)=C/c1nonc1-c1cccc(OC)c1. The molecule has 0 bridgehead atoms. The summed E-state index contributed by atoms with van der Waals surface area (Å²) in [7, 11) is 2.71. The zero-order valence-electron chi connectivity index (χ0n) is 10.9. The molecule has 0 aliphatic carbocycles. The van der Waals surface area contributed by atoms with Gasteiger partial charge >= 0.3 is 5.97 Å². The largest absolute Gasteiger partial charge is 0.502 e. The van der Waals surface area contributed by atoms with Crippen LogP contribution in [0, 0.1) is 0 Å². The lowest BCUT2D eigenvalue weighted by atomic mass is 10.1. The van der Waals surface area contributed by atoms with E-state index in [0.29, 0.717) is 17.0 Å². The van der Waals surface area contributed by atoms with Gasteiger partial charge in [0.15, 0.2) is 0 Å². The molecule has 0 spiro atoms. The molecule has 1 aromatic heterocycles. The fraction of sp³-hybridized carbons (Fsp3) is 0.154. The third-order valence-corrected chi connectivity index (χ3v) is 2.53. The molecule has 1 aromatic carbocycles. The molecule has 1 heterocycles. The summed E-state index contributed by atoms with van der Waals surface area (Å²) in [4.78, 5) is 11.1. The summed E-state index contributed by atoms with van der Waals surface area (Å²) in [5.74, 6) is -0.824. The first-order valence-electron chi connectivity index (χ1n) is 5.61. The fourth-order valence-electron chi connectivity index (χ4n) is 1.55. The minimum absolute atomic E-state index is 0.209. The lowest BCUT2D eigenvalue weighted by molar-refractivity contribution is -0.138. The van der Waals surface area contributed by atoms with Crippen molar-refractivity contribution in [2.24, 2.45) is 0 Å². The van der Waals surface area contributed by atoms with Gasteiger partial charge in [0.25, 0.3) is 0 Å². The highest BCUT2D eigenvalue weighted by Crippen LogP contribution is 2.25. The van der Waals surface area contributed by atoms with Gasteiger partial charge in [-0.1, -0.05) is 12.1 Å². The maximum Gasteiger partial charge on any atom is 0.373 e. The maximum absolute atomic E-state index is 11.1. The summed E-state index contributed by atoms with van der Waals surface area (Å²) >= 11 is 0. The first-order chi connectivity index (χ1) is 9.65. The van der Waals surface area contributed by atoms with Gasteiger partial charge in [0.2, 0.25) is 5.76 Å². The Kier molecular flexibility index (Phi) is 3.99. The predicted octanol–water partition coefficient (Wildman–Crippen LogP) is 1.82. The van der Waals surface area contributed by atoms with Gasteiger partial charge in [-0.05, 0) is 22.4 Å². The van der Waals surface area contributed by atoms with E-state index in [1.807, 2.05) is 0 Å². The number of hydrogen-bond acceptors (Lipinski definition) is 7. The maximum atomic E-state index is 11.1. The van der Waals surface area contributed by atoms with Gasteiger partial charge in [0, 0.05) is 11.6 Å². The number of aliphatic hydroxyl groups is 1. The van der Waals surface area contributed by atoms with Crippen molar-refractivity contribution < 1.29 is 24.0 Å². The van der Waals surface area contributed by atoms with E-state index in [0.717, 1.165) is 13.2 Å². The number of esters is 1. The van der Waals surface area contributed by atoms with Crippen molar-refractivity contribution in [3.8, 4) is 17.0 Å². The van der Waals surface area contributed by atoms with Crippen molar-refractivity contribution in [2.45, 2.75) is 0 Å². The predicted molar refractivity (Wildman–Crippen MR) is 68.9 cm³/mol. The summed E-state index contributed by atoms with van der Waals surface area (Å²) in [6.07, 6.45) is 1.12. The standard InChI is InChI=1S/C13H12N2O5/c1-18-9-5-3-4-8(6-9)12-10(14-20-15-12)7-11(16)13(17)19-2/h3-7,16H,1-2H3/b11-7-. The summed E-state index contributed by atoms with van der Waals surface area (Å²) < 4.78 is 14.1. The van der Waals surface area contributed by atoms with Gasteiger partial charge in [0.05, 0.1) is 14.2 Å². The number of benzene rings is 1. The zero-order valence-corrected chi connectivity index (χ0v) is 10.9. The molecule has 7 heteroatoms. The summed E-state index contributed by atoms with van der Waals surface area (Å²) in [5, 5.41) is 16.9. The normalized spacial score (nSPS) is 11.2. The third-order valence-electron chi connectivity index (χ3n) is 2.53. The van der Waals surface area contributed by atoms with Crippen LogP contribution in [0.3, 0.4) is 0 Å². The summed E-state index contributed by atoms with van der Waals surface area (Å²) in [6.45, 7) is 0. The number of methoxy groups -OCH3 is 2. The van der Waals surface area contributed by atoms with E-state index in [4.69, 9.17) is 4.74 Å². The Morgan fingerprint density at radius 1 is 1.35 bits per heavy atom. The lowest BCUT2D eigenvalue weighted by Crippen LogP contribution is -2.03. The second-order valence-corrected chi connectivity index (χ2v) is 3.75. The number of nitrogens with zero attached hydrogens (tertiary/aromatic N) is 2. The van der Waals surface area contributed by atoms with Gasteiger partial charge in [-0.2, -0.15) is 0 Å². The molecule has 0 fully saturated rings. The second kappa shape index (κ2) is 5.87. The molecule has 0 saturated heterocycles. The molecule has 1 N–H and O–H groups in total. The van der Waals surface area contributed by atoms with E-state index in [1.54, 1.807) is 31.4 Å². The van der Waals surface area contributed by atoms with Crippen LogP contribution < -0.4 is 4.74 Å². The molecule has 0 unspecified atom stereocenters. The molecule has 104 valence electrons. The highest BCUT2D eigenvalue weighted by molar-refractivity contribution is 5.91. The van der Waals surface area contributed by atoms with Crippen molar-refractivity contribution in [1.82, 2.24) is 10.3 Å². The number of rotatable bonds is 4. The summed E-state index contributed by atoms with van der Waals surface area (Å²) in [5.41, 5.74) is 1.26. The first kappa shape index (κ1) is 13.6. The van der Waals surface area contributed by atoms with Crippen LogP contribution in [-0.4, -0.2) is 35.6 Å². The van der Waals surface area contributed by atoms with Crippen LogP contribution in [0.5, 0.6) is 5.75 Å². The minimum atomic E-state index is -0.871. The van der Waals surface area contributed by atoms with E-state index in [1.165, 1.54) is 0 Å². The molecule has 0 amide bonds. The topological polar surface area (TPSA) is 94.7 Å². The Bertz CT molecular complexity index is 648. The Balaban J connectivity index is 2.40. The average molecular weight is 276 g/mol. The number of aromatic nitrogens is 2. The number of carbonyl (C=O) groups excluding carboxylic acids is 1. The van der Waals surface area contributed by atoms with Crippen LogP contribution in [0.15, 0.2) is 34.7 Å². The van der Waals surface area contributed by atoms with Crippen LogP contribution in [0.4, 0.5) is 0 Å². The van der Waals surface area contributed by atoms with Crippen molar-refractivity contribution in [3.63, 3.8) is 0 Å². The lowest BCUT2D eigenvalue weighted by Gasteiger charge is -2.01. The Morgan fingerprint density at radius 2 is 2.15 bits per heavy atom. The van der Waals surface area contributed by atoms with Crippen LogP contribution >= 0.6 is 0 Å². The van der Waals surface area contributed by atoms with E-state index < -0.39 is 11.7 Å². The Hall–Kier alpha value is -2.83. The molecular weight excluding hydrogens is 264 g/mol. The highest BCUT2D eigenvalue weighted by Gasteiger charge is 2.15. The molecule has 0 aliphatic rings. The molecule has 0 radical (unpaired) electrons. The monoisotopic (exact) mass is 276 g/mol. The zero-order chi connectivity index (χ0) is 14.5. The van der Waals surface area contributed by atoms with E-state index >= 15 is 0 Å².